The summed E-state index contributed by atoms with van der Waals surface area (Å²) < 4.78 is 15.4. The average molecular weight is 356 g/mol. The Morgan fingerprint density at radius 3 is 2.75 bits per heavy atom. The van der Waals surface area contributed by atoms with Gasteiger partial charge in [0.15, 0.2) is 0 Å². The van der Waals surface area contributed by atoms with Crippen LogP contribution in [0.5, 0.6) is 0 Å². The first-order valence-electron chi connectivity index (χ1n) is 6.41. The minimum absolute atomic E-state index is 0.406. The summed E-state index contributed by atoms with van der Waals surface area (Å²) in [6, 6.07) is 5.63. The second-order valence-electron chi connectivity index (χ2n) is 4.64. The Bertz CT molecular complexity index is 667. The minimum Gasteiger partial charge on any atom is -0.398 e. The number of benzene rings is 1. The molecule has 6 heteroatoms. The normalized spacial score (nSPS) is 12.6. The zero-order valence-electron chi connectivity index (χ0n) is 11.8. The molecule has 1 aromatic heterocycles. The van der Waals surface area contributed by atoms with E-state index in [0.29, 0.717) is 16.3 Å². The van der Waals surface area contributed by atoms with Gasteiger partial charge in [-0.2, -0.15) is 5.10 Å². The third-order valence-corrected chi connectivity index (χ3v) is 5.66. The molecule has 2 N–H and O–H groups in total. The molecule has 20 heavy (non-hydrogen) atoms. The van der Waals surface area contributed by atoms with Gasteiger partial charge < -0.3 is 5.73 Å². The first kappa shape index (κ1) is 15.3. The van der Waals surface area contributed by atoms with Crippen molar-refractivity contribution >= 4 is 32.4 Å². The van der Waals surface area contributed by atoms with Crippen molar-refractivity contribution in [1.29, 1.82) is 0 Å². The van der Waals surface area contributed by atoms with E-state index in [-0.39, 0.29) is 0 Å². The molecule has 0 aliphatic carbocycles. The first-order chi connectivity index (χ1) is 9.45. The van der Waals surface area contributed by atoms with Crippen molar-refractivity contribution in [3.63, 3.8) is 0 Å². The van der Waals surface area contributed by atoms with E-state index in [0.717, 1.165) is 28.0 Å². The van der Waals surface area contributed by atoms with Gasteiger partial charge in [0.25, 0.3) is 0 Å². The fraction of sp³-hybridized carbons (Fsp3) is 0.357. The van der Waals surface area contributed by atoms with Crippen molar-refractivity contribution in [3.05, 3.63) is 39.6 Å². The largest absolute Gasteiger partial charge is 0.398 e. The Morgan fingerprint density at radius 1 is 1.40 bits per heavy atom. The highest BCUT2D eigenvalue weighted by molar-refractivity contribution is 9.10. The highest BCUT2D eigenvalue weighted by Crippen LogP contribution is 2.26. The quantitative estimate of drug-likeness (QED) is 0.856. The number of hydrogen-bond donors (Lipinski definition) is 1. The minimum atomic E-state index is -1.18. The molecular formula is C14H18BrN3OS. The Hall–Kier alpha value is -1.14. The topological polar surface area (TPSA) is 60.9 Å². The Balaban J connectivity index is 2.35. The lowest BCUT2D eigenvalue weighted by Crippen LogP contribution is -2.08. The van der Waals surface area contributed by atoms with E-state index in [1.54, 1.807) is 0 Å². The molecule has 1 heterocycles. The number of aryl methyl sites for hydroxylation is 3. The van der Waals surface area contributed by atoms with Gasteiger partial charge in [0.2, 0.25) is 0 Å². The molecule has 1 atom stereocenters. The van der Waals surface area contributed by atoms with Gasteiger partial charge in [-0.25, -0.2) is 0 Å². The van der Waals surface area contributed by atoms with Crippen LogP contribution in [0.1, 0.15) is 23.9 Å². The lowest BCUT2D eigenvalue weighted by Gasteiger charge is -2.09. The van der Waals surface area contributed by atoms with Crippen LogP contribution in [0.25, 0.3) is 0 Å². The molecule has 2 aromatic rings. The Morgan fingerprint density at radius 2 is 2.10 bits per heavy atom. The monoisotopic (exact) mass is 355 g/mol. The van der Waals surface area contributed by atoms with E-state index in [1.165, 1.54) is 0 Å². The highest BCUT2D eigenvalue weighted by atomic mass is 79.9. The second kappa shape index (κ2) is 6.10. The summed E-state index contributed by atoms with van der Waals surface area (Å²) >= 11 is 3.53. The fourth-order valence-corrected chi connectivity index (χ4v) is 4.00. The number of para-hydroxylation sites is 1. The molecule has 0 fully saturated rings. The zero-order valence-corrected chi connectivity index (χ0v) is 14.2. The highest BCUT2D eigenvalue weighted by Gasteiger charge is 2.17. The van der Waals surface area contributed by atoms with E-state index in [4.69, 9.17) is 5.73 Å². The molecule has 0 saturated heterocycles. The number of rotatable bonds is 4. The van der Waals surface area contributed by atoms with Gasteiger partial charge in [-0.05, 0) is 48.3 Å². The summed E-state index contributed by atoms with van der Waals surface area (Å²) in [5.41, 5.74) is 9.45. The fourth-order valence-electron chi connectivity index (χ4n) is 2.06. The van der Waals surface area contributed by atoms with Crippen molar-refractivity contribution in [2.45, 2.75) is 38.0 Å². The van der Waals surface area contributed by atoms with Crippen molar-refractivity contribution in [2.24, 2.45) is 0 Å². The van der Waals surface area contributed by atoms with E-state index < -0.39 is 10.8 Å². The zero-order chi connectivity index (χ0) is 14.9. The number of halogens is 1. The van der Waals surface area contributed by atoms with Gasteiger partial charge in [-0.3, -0.25) is 8.89 Å². The molecule has 2 rings (SSSR count). The van der Waals surface area contributed by atoms with E-state index in [1.807, 2.05) is 43.7 Å². The van der Waals surface area contributed by atoms with Crippen LogP contribution >= 0.6 is 15.9 Å². The van der Waals surface area contributed by atoms with Gasteiger partial charge in [-0.15, -0.1) is 0 Å². The lowest BCUT2D eigenvalue weighted by molar-refractivity contribution is 0.626. The first-order valence-corrected chi connectivity index (χ1v) is 8.52. The molecule has 0 amide bonds. The van der Waals surface area contributed by atoms with E-state index in [9.17, 15) is 4.21 Å². The maximum atomic E-state index is 12.6. The summed E-state index contributed by atoms with van der Waals surface area (Å²) in [4.78, 5) is 0.693. The van der Waals surface area contributed by atoms with Crippen LogP contribution in [0, 0.1) is 13.8 Å². The number of nitrogens with zero attached hydrogens (tertiary/aromatic N) is 2. The molecule has 0 radical (unpaired) electrons. The Labute approximate surface area is 130 Å². The SMILES string of the molecule is CCn1nc(C)c(Br)c1CS(=O)c1cccc(C)c1N. The Kier molecular flexibility index (Phi) is 4.65. The van der Waals surface area contributed by atoms with Gasteiger partial charge in [-0.1, -0.05) is 12.1 Å². The number of nitrogens with two attached hydrogens (primary N) is 1. The average Bonchev–Trinajstić information content (AvgIpc) is 2.69. The van der Waals surface area contributed by atoms with Crippen molar-refractivity contribution in [2.75, 3.05) is 5.73 Å². The molecule has 0 aliphatic heterocycles. The van der Waals surface area contributed by atoms with Gasteiger partial charge in [0.05, 0.1) is 43.0 Å². The number of nitrogen functional groups attached to an aromatic ring is 1. The maximum absolute atomic E-state index is 12.6. The van der Waals surface area contributed by atoms with E-state index in [2.05, 4.69) is 21.0 Å². The predicted molar refractivity (Wildman–Crippen MR) is 86.0 cm³/mol. The number of aromatic nitrogens is 2. The number of hydrogen-bond acceptors (Lipinski definition) is 3. The molecule has 0 aliphatic rings. The summed E-state index contributed by atoms with van der Waals surface area (Å²) in [5.74, 6) is 0.406. The van der Waals surface area contributed by atoms with Crippen LogP contribution in [-0.2, 0) is 23.1 Å². The van der Waals surface area contributed by atoms with Crippen molar-refractivity contribution in [3.8, 4) is 0 Å². The summed E-state index contributed by atoms with van der Waals surface area (Å²) in [7, 11) is -1.18. The van der Waals surface area contributed by atoms with Crippen LogP contribution in [0.2, 0.25) is 0 Å². The molecular weight excluding hydrogens is 338 g/mol. The van der Waals surface area contributed by atoms with Crippen LogP contribution in [0.3, 0.4) is 0 Å². The third-order valence-electron chi connectivity index (χ3n) is 3.25. The van der Waals surface area contributed by atoms with Crippen LogP contribution in [0.15, 0.2) is 27.6 Å². The standard InChI is InChI=1S/C14H18BrN3OS/c1-4-18-11(13(15)10(3)17-18)8-20(19)12-7-5-6-9(2)14(12)16/h5-7H,4,8,16H2,1-3H3. The lowest BCUT2D eigenvalue weighted by atomic mass is 10.2. The third kappa shape index (κ3) is 2.81. The molecule has 0 saturated carbocycles. The molecule has 108 valence electrons. The van der Waals surface area contributed by atoms with Gasteiger partial charge >= 0.3 is 0 Å². The summed E-state index contributed by atoms with van der Waals surface area (Å²) in [6.07, 6.45) is 0. The smallest absolute Gasteiger partial charge is 0.0739 e. The molecule has 1 unspecified atom stereocenters. The summed E-state index contributed by atoms with van der Waals surface area (Å²) in [5, 5.41) is 4.42. The molecule has 0 spiro atoms. The molecule has 1 aromatic carbocycles. The second-order valence-corrected chi connectivity index (χ2v) is 6.85. The van der Waals surface area contributed by atoms with Gasteiger partial charge in [0.1, 0.15) is 0 Å². The molecule has 4 nitrogen and oxygen atoms in total. The van der Waals surface area contributed by atoms with Crippen LogP contribution in [-0.4, -0.2) is 14.0 Å². The van der Waals surface area contributed by atoms with Gasteiger partial charge in [0, 0.05) is 6.54 Å². The van der Waals surface area contributed by atoms with Crippen molar-refractivity contribution in [1.82, 2.24) is 9.78 Å². The summed E-state index contributed by atoms with van der Waals surface area (Å²) in [6.45, 7) is 6.63. The number of anilines is 1. The van der Waals surface area contributed by atoms with E-state index >= 15 is 0 Å². The van der Waals surface area contributed by atoms with Crippen LogP contribution in [0.4, 0.5) is 5.69 Å². The maximum Gasteiger partial charge on any atom is 0.0739 e. The predicted octanol–water partition coefficient (Wildman–Crippen LogP) is 3.17. The van der Waals surface area contributed by atoms with Crippen LogP contribution < -0.4 is 5.73 Å². The van der Waals surface area contributed by atoms with Crippen molar-refractivity contribution < 1.29 is 4.21 Å². The molecule has 0 bridgehead atoms.